The number of fused-ring (bicyclic) bond motifs is 2. The number of ether oxygens (including phenoxy) is 1. The first-order valence-electron chi connectivity index (χ1n) is 6.50. The number of hydrogen-bond acceptors (Lipinski definition) is 3. The van der Waals surface area contributed by atoms with Crippen molar-refractivity contribution in [1.82, 2.24) is 4.90 Å². The van der Waals surface area contributed by atoms with E-state index in [1.54, 1.807) is 0 Å². The van der Waals surface area contributed by atoms with Crippen molar-refractivity contribution in [2.24, 2.45) is 5.92 Å². The van der Waals surface area contributed by atoms with E-state index in [1.807, 2.05) is 6.92 Å². The highest BCUT2D eigenvalue weighted by atomic mass is 16.5. The number of likely N-dealkylation sites (N-methyl/N-ethyl adjacent to an activating group) is 1. The maximum Gasteiger partial charge on any atom is 0.147 e. The molecule has 0 saturated carbocycles. The molecule has 0 N–H and O–H groups in total. The van der Waals surface area contributed by atoms with Crippen LogP contribution in [0.1, 0.15) is 32.6 Å². The zero-order chi connectivity index (χ0) is 12.3. The summed E-state index contributed by atoms with van der Waals surface area (Å²) in [6, 6.07) is 0.853. The molecule has 2 rings (SSSR count). The summed E-state index contributed by atoms with van der Waals surface area (Å²) in [5.74, 6) is 6.47. The Morgan fingerprint density at radius 3 is 2.53 bits per heavy atom. The molecule has 0 radical (unpaired) electrons. The van der Waals surface area contributed by atoms with Crippen LogP contribution in [0.2, 0.25) is 0 Å². The molecule has 2 bridgehead atoms. The van der Waals surface area contributed by atoms with E-state index in [0.29, 0.717) is 24.3 Å². The van der Waals surface area contributed by atoms with Crippen LogP contribution in [0, 0.1) is 17.8 Å². The number of hydrogen-bond donors (Lipinski definition) is 0. The fourth-order valence-electron chi connectivity index (χ4n) is 2.78. The Kier molecular flexibility index (Phi) is 4.20. The molecular weight excluding hydrogens is 214 g/mol. The molecule has 2 heterocycles. The van der Waals surface area contributed by atoms with E-state index < -0.39 is 0 Å². The fraction of sp³-hybridized carbons (Fsp3) is 0.786. The second-order valence-electron chi connectivity index (χ2n) is 5.03. The van der Waals surface area contributed by atoms with E-state index in [2.05, 4.69) is 23.8 Å². The summed E-state index contributed by atoms with van der Waals surface area (Å²) < 4.78 is 5.55. The third-order valence-electron chi connectivity index (χ3n) is 3.91. The standard InChI is InChI=1S/C14H21NO2/c1-3-4-5-6-14(16)11-7-12-9-17-10-13(8-11)15(12)2/h11-13H,3,6-10H2,1-2H3. The van der Waals surface area contributed by atoms with Crippen LogP contribution in [0.25, 0.3) is 0 Å². The van der Waals surface area contributed by atoms with Gasteiger partial charge >= 0.3 is 0 Å². The number of piperidine rings is 1. The van der Waals surface area contributed by atoms with Gasteiger partial charge in [-0.3, -0.25) is 9.69 Å². The summed E-state index contributed by atoms with van der Waals surface area (Å²) in [6.07, 6.45) is 3.15. The molecule has 2 saturated heterocycles. The summed E-state index contributed by atoms with van der Waals surface area (Å²) >= 11 is 0. The molecule has 17 heavy (non-hydrogen) atoms. The highest BCUT2D eigenvalue weighted by Gasteiger charge is 2.38. The lowest BCUT2D eigenvalue weighted by molar-refractivity contribution is -0.130. The van der Waals surface area contributed by atoms with Gasteiger partial charge in [-0.2, -0.15) is 0 Å². The molecule has 0 aliphatic carbocycles. The van der Waals surface area contributed by atoms with Gasteiger partial charge in [-0.05, 0) is 19.9 Å². The molecule has 94 valence electrons. The highest BCUT2D eigenvalue weighted by Crippen LogP contribution is 2.31. The summed E-state index contributed by atoms with van der Waals surface area (Å²) in [6.45, 7) is 3.56. The van der Waals surface area contributed by atoms with Crippen LogP contribution in [-0.4, -0.2) is 43.0 Å². The summed E-state index contributed by atoms with van der Waals surface area (Å²) in [4.78, 5) is 14.4. The Morgan fingerprint density at radius 1 is 1.29 bits per heavy atom. The summed E-state index contributed by atoms with van der Waals surface area (Å²) in [5, 5.41) is 0. The quantitative estimate of drug-likeness (QED) is 0.679. The topological polar surface area (TPSA) is 29.5 Å². The molecule has 2 fully saturated rings. The van der Waals surface area contributed by atoms with Crippen LogP contribution in [-0.2, 0) is 9.53 Å². The Morgan fingerprint density at radius 2 is 1.94 bits per heavy atom. The van der Waals surface area contributed by atoms with E-state index in [0.717, 1.165) is 32.5 Å². The van der Waals surface area contributed by atoms with Crippen molar-refractivity contribution in [3.63, 3.8) is 0 Å². The van der Waals surface area contributed by atoms with Crippen molar-refractivity contribution in [2.75, 3.05) is 20.3 Å². The number of ketones is 1. The van der Waals surface area contributed by atoms with E-state index in [1.165, 1.54) is 0 Å². The number of nitrogens with zero attached hydrogens (tertiary/aromatic N) is 1. The predicted octanol–water partition coefficient (Wildman–Crippen LogP) is 1.47. The molecule has 2 aliphatic heterocycles. The van der Waals surface area contributed by atoms with Gasteiger partial charge in [0.15, 0.2) is 0 Å². The maximum atomic E-state index is 12.0. The molecule has 2 aliphatic rings. The van der Waals surface area contributed by atoms with Crippen LogP contribution in [0.15, 0.2) is 0 Å². The van der Waals surface area contributed by atoms with Crippen molar-refractivity contribution >= 4 is 5.78 Å². The minimum atomic E-state index is 0.205. The Labute approximate surface area is 104 Å². The normalized spacial score (nSPS) is 32.7. The lowest BCUT2D eigenvalue weighted by Crippen LogP contribution is -2.55. The van der Waals surface area contributed by atoms with Crippen LogP contribution in [0.3, 0.4) is 0 Å². The fourth-order valence-corrected chi connectivity index (χ4v) is 2.78. The lowest BCUT2D eigenvalue weighted by Gasteiger charge is -2.46. The zero-order valence-corrected chi connectivity index (χ0v) is 10.7. The Hall–Kier alpha value is -0.850. The second kappa shape index (κ2) is 5.66. The molecule has 2 unspecified atom stereocenters. The number of carbonyl (C=O) groups excluding carboxylic acids is 1. The second-order valence-corrected chi connectivity index (χ2v) is 5.03. The van der Waals surface area contributed by atoms with Gasteiger partial charge < -0.3 is 4.74 Å². The van der Waals surface area contributed by atoms with Crippen LogP contribution < -0.4 is 0 Å². The van der Waals surface area contributed by atoms with Gasteiger partial charge in [-0.15, -0.1) is 5.92 Å². The van der Waals surface area contributed by atoms with E-state index in [-0.39, 0.29) is 5.92 Å². The highest BCUT2D eigenvalue weighted by molar-refractivity contribution is 5.83. The van der Waals surface area contributed by atoms with Gasteiger partial charge in [0, 0.05) is 24.4 Å². The lowest BCUT2D eigenvalue weighted by atomic mass is 9.82. The van der Waals surface area contributed by atoms with Gasteiger partial charge in [0.05, 0.1) is 19.6 Å². The predicted molar refractivity (Wildman–Crippen MR) is 66.6 cm³/mol. The third-order valence-corrected chi connectivity index (χ3v) is 3.91. The van der Waals surface area contributed by atoms with Crippen molar-refractivity contribution < 1.29 is 9.53 Å². The Bertz CT molecular complexity index is 328. The SMILES string of the molecule is CCC#CCC(=O)C1CC2COCC(C1)N2C. The first-order valence-corrected chi connectivity index (χ1v) is 6.50. The third kappa shape index (κ3) is 2.88. The largest absolute Gasteiger partial charge is 0.378 e. The smallest absolute Gasteiger partial charge is 0.147 e. The zero-order valence-electron chi connectivity index (χ0n) is 10.7. The van der Waals surface area contributed by atoms with Gasteiger partial charge in [0.1, 0.15) is 5.78 Å². The Balaban J connectivity index is 1.93. The van der Waals surface area contributed by atoms with Crippen molar-refractivity contribution in [3.05, 3.63) is 0 Å². The molecule has 2 atom stereocenters. The molecule has 3 heteroatoms. The molecule has 0 aromatic heterocycles. The average molecular weight is 235 g/mol. The number of morpholine rings is 1. The van der Waals surface area contributed by atoms with Crippen LogP contribution in [0.5, 0.6) is 0 Å². The first kappa shape index (κ1) is 12.6. The average Bonchev–Trinajstić information content (AvgIpc) is 2.28. The maximum absolute atomic E-state index is 12.0. The van der Waals surface area contributed by atoms with E-state index >= 15 is 0 Å². The monoisotopic (exact) mass is 235 g/mol. The van der Waals surface area contributed by atoms with Crippen molar-refractivity contribution in [3.8, 4) is 11.8 Å². The van der Waals surface area contributed by atoms with Crippen LogP contribution in [0.4, 0.5) is 0 Å². The summed E-state index contributed by atoms with van der Waals surface area (Å²) in [7, 11) is 2.15. The molecule has 3 nitrogen and oxygen atoms in total. The number of carbonyl (C=O) groups is 1. The molecule has 0 aromatic carbocycles. The minimum Gasteiger partial charge on any atom is -0.378 e. The van der Waals surface area contributed by atoms with E-state index in [4.69, 9.17) is 4.74 Å². The van der Waals surface area contributed by atoms with Gasteiger partial charge in [0.2, 0.25) is 0 Å². The van der Waals surface area contributed by atoms with Gasteiger partial charge in [-0.25, -0.2) is 0 Å². The molecule has 0 amide bonds. The molecule has 0 spiro atoms. The van der Waals surface area contributed by atoms with Gasteiger partial charge in [-0.1, -0.05) is 12.8 Å². The molecular formula is C14H21NO2. The first-order chi connectivity index (χ1) is 8.22. The minimum absolute atomic E-state index is 0.205. The van der Waals surface area contributed by atoms with Gasteiger partial charge in [0.25, 0.3) is 0 Å². The van der Waals surface area contributed by atoms with Crippen LogP contribution >= 0.6 is 0 Å². The van der Waals surface area contributed by atoms with Crippen molar-refractivity contribution in [2.45, 2.75) is 44.7 Å². The van der Waals surface area contributed by atoms with Crippen molar-refractivity contribution in [1.29, 1.82) is 0 Å². The molecule has 0 aromatic rings. The number of rotatable bonds is 2. The number of Topliss-reactive ketones (excluding diaryl/α,β-unsaturated/α-hetero) is 1. The summed E-state index contributed by atoms with van der Waals surface area (Å²) in [5.41, 5.74) is 0. The van der Waals surface area contributed by atoms with E-state index in [9.17, 15) is 4.79 Å².